The topological polar surface area (TPSA) is 115 Å². The van der Waals surface area contributed by atoms with Gasteiger partial charge in [0.1, 0.15) is 11.6 Å². The van der Waals surface area contributed by atoms with Gasteiger partial charge in [-0.05, 0) is 49.3 Å². The highest BCUT2D eigenvalue weighted by molar-refractivity contribution is 6.02. The Hall–Kier alpha value is -2.85. The van der Waals surface area contributed by atoms with Crippen LogP contribution in [-0.4, -0.2) is 37.1 Å². The molecule has 1 aromatic heterocycles. The van der Waals surface area contributed by atoms with Crippen molar-refractivity contribution in [3.05, 3.63) is 39.7 Å². The first-order valence-corrected chi connectivity index (χ1v) is 9.40. The van der Waals surface area contributed by atoms with Crippen LogP contribution in [0.3, 0.4) is 0 Å². The number of nitriles is 1. The molecule has 1 aliphatic carbocycles. The number of carbonyl (C=O) groups is 1. The molecule has 0 unspecified atom stereocenters. The maximum atomic E-state index is 12.4. The van der Waals surface area contributed by atoms with E-state index in [-0.39, 0.29) is 17.0 Å². The van der Waals surface area contributed by atoms with Crippen LogP contribution in [0.5, 0.6) is 0 Å². The monoisotopic (exact) mass is 365 g/mol. The number of H-pyrrole nitrogens is 1. The number of rotatable bonds is 4. The molecule has 1 aliphatic heterocycles. The largest absolute Gasteiger partial charge is 0.370 e. The molecule has 1 aromatic carbocycles. The summed E-state index contributed by atoms with van der Waals surface area (Å²) in [7, 11) is 0. The van der Waals surface area contributed by atoms with Gasteiger partial charge in [0, 0.05) is 37.1 Å². The first kappa shape index (κ1) is 17.6. The van der Waals surface area contributed by atoms with E-state index in [0.717, 1.165) is 31.3 Å². The molecule has 2 aliphatic rings. The summed E-state index contributed by atoms with van der Waals surface area (Å²) in [5, 5.41) is 13.1. The summed E-state index contributed by atoms with van der Waals surface area (Å²) in [4.78, 5) is 29.7. The molecular formula is C20H23N5O2. The molecule has 140 valence electrons. The number of nitrogens with zero attached hydrogens (tertiary/aromatic N) is 2. The van der Waals surface area contributed by atoms with Gasteiger partial charge in [-0.3, -0.25) is 9.59 Å². The van der Waals surface area contributed by atoms with E-state index >= 15 is 0 Å². The summed E-state index contributed by atoms with van der Waals surface area (Å²) < 4.78 is 0. The van der Waals surface area contributed by atoms with Crippen LogP contribution in [0.4, 0.5) is 5.69 Å². The number of aromatic amines is 1. The molecule has 7 heteroatoms. The average molecular weight is 365 g/mol. The molecule has 4 rings (SSSR count). The number of fused-ring (bicyclic) bond motifs is 1. The minimum Gasteiger partial charge on any atom is -0.370 e. The van der Waals surface area contributed by atoms with Crippen molar-refractivity contribution in [1.82, 2.24) is 10.3 Å². The predicted octanol–water partition coefficient (Wildman–Crippen LogP) is 1.47. The second-order valence-electron chi connectivity index (χ2n) is 7.58. The summed E-state index contributed by atoms with van der Waals surface area (Å²) in [5.74, 6) is -0.214. The van der Waals surface area contributed by atoms with Gasteiger partial charge in [-0.25, -0.2) is 0 Å². The van der Waals surface area contributed by atoms with Crippen molar-refractivity contribution in [2.75, 3.05) is 31.1 Å². The van der Waals surface area contributed by atoms with Crippen LogP contribution >= 0.6 is 0 Å². The zero-order valence-corrected chi connectivity index (χ0v) is 15.2. The zero-order chi connectivity index (χ0) is 19.0. The zero-order valence-electron chi connectivity index (χ0n) is 15.2. The summed E-state index contributed by atoms with van der Waals surface area (Å²) in [6.45, 7) is 2.42. The van der Waals surface area contributed by atoms with Crippen molar-refractivity contribution in [3.63, 3.8) is 0 Å². The van der Waals surface area contributed by atoms with Crippen LogP contribution in [0, 0.1) is 16.7 Å². The number of anilines is 1. The number of amides is 1. The maximum Gasteiger partial charge on any atom is 0.268 e. The van der Waals surface area contributed by atoms with Gasteiger partial charge < -0.3 is 20.9 Å². The maximum absolute atomic E-state index is 12.4. The van der Waals surface area contributed by atoms with Gasteiger partial charge in [0.05, 0.1) is 11.2 Å². The Morgan fingerprint density at radius 2 is 2.04 bits per heavy atom. The van der Waals surface area contributed by atoms with Crippen molar-refractivity contribution in [3.8, 4) is 6.07 Å². The average Bonchev–Trinajstić information content (AvgIpc) is 3.44. The Morgan fingerprint density at radius 3 is 2.67 bits per heavy atom. The van der Waals surface area contributed by atoms with Gasteiger partial charge in [0.2, 0.25) is 0 Å². The number of nitrogens with two attached hydrogens (primary N) is 1. The molecule has 4 N–H and O–H groups in total. The molecule has 2 aromatic rings. The third kappa shape index (κ3) is 3.17. The van der Waals surface area contributed by atoms with Crippen molar-refractivity contribution in [1.29, 1.82) is 5.26 Å². The predicted molar refractivity (Wildman–Crippen MR) is 104 cm³/mol. The quantitative estimate of drug-likeness (QED) is 0.759. The van der Waals surface area contributed by atoms with Gasteiger partial charge in [-0.1, -0.05) is 0 Å². The number of nitrogens with one attached hydrogen (secondary N) is 2. The number of benzene rings is 1. The number of piperidine rings is 1. The number of pyridine rings is 1. The molecule has 27 heavy (non-hydrogen) atoms. The molecule has 2 heterocycles. The van der Waals surface area contributed by atoms with Crippen molar-refractivity contribution < 1.29 is 4.79 Å². The molecular weight excluding hydrogens is 342 g/mol. The van der Waals surface area contributed by atoms with E-state index in [4.69, 9.17) is 5.73 Å². The minimum absolute atomic E-state index is 0.119. The highest BCUT2D eigenvalue weighted by Crippen LogP contribution is 2.54. The van der Waals surface area contributed by atoms with Crippen LogP contribution in [0.2, 0.25) is 0 Å². The van der Waals surface area contributed by atoms with Crippen molar-refractivity contribution in [2.24, 2.45) is 11.1 Å². The summed E-state index contributed by atoms with van der Waals surface area (Å²) in [5.41, 5.74) is 7.46. The van der Waals surface area contributed by atoms with Gasteiger partial charge in [0.15, 0.2) is 0 Å². The van der Waals surface area contributed by atoms with Gasteiger partial charge in [-0.2, -0.15) is 5.26 Å². The second-order valence-corrected chi connectivity index (χ2v) is 7.58. The fourth-order valence-corrected chi connectivity index (χ4v) is 4.02. The standard InChI is InChI=1S/C20H23N5O2/c21-7-8-23-18(26)13-1-2-16-14(11-13)17(15(12-22)19(27)24-16)25-9-5-20(3-4-20)6-10-25/h1-2,11H,3-10,21H2,(H,23,26)(H,24,27). The third-order valence-electron chi connectivity index (χ3n) is 5.89. The van der Waals surface area contributed by atoms with E-state index in [1.807, 2.05) is 0 Å². The molecule has 0 radical (unpaired) electrons. The molecule has 1 saturated carbocycles. The Morgan fingerprint density at radius 1 is 1.30 bits per heavy atom. The van der Waals surface area contributed by atoms with Crippen LogP contribution in [-0.2, 0) is 0 Å². The normalized spacial score (nSPS) is 17.7. The van der Waals surface area contributed by atoms with E-state index in [2.05, 4.69) is 21.3 Å². The molecule has 0 atom stereocenters. The first-order valence-electron chi connectivity index (χ1n) is 9.40. The Labute approximate surface area is 157 Å². The lowest BCUT2D eigenvalue weighted by Gasteiger charge is -2.34. The summed E-state index contributed by atoms with van der Waals surface area (Å²) >= 11 is 0. The lowest BCUT2D eigenvalue weighted by Crippen LogP contribution is -2.36. The number of hydrogen-bond acceptors (Lipinski definition) is 5. The first-order chi connectivity index (χ1) is 13.1. The van der Waals surface area contributed by atoms with E-state index in [1.54, 1.807) is 18.2 Å². The Kier molecular flexibility index (Phi) is 4.36. The number of hydrogen-bond donors (Lipinski definition) is 3. The van der Waals surface area contributed by atoms with Gasteiger partial charge in [0.25, 0.3) is 11.5 Å². The molecule has 1 spiro atoms. The fourth-order valence-electron chi connectivity index (χ4n) is 4.02. The highest BCUT2D eigenvalue weighted by Gasteiger charge is 2.44. The van der Waals surface area contributed by atoms with E-state index < -0.39 is 0 Å². The van der Waals surface area contributed by atoms with Gasteiger partial charge >= 0.3 is 0 Å². The van der Waals surface area contributed by atoms with E-state index in [0.29, 0.717) is 35.3 Å². The molecule has 1 amide bonds. The number of aromatic nitrogens is 1. The van der Waals surface area contributed by atoms with Crippen LogP contribution in [0.15, 0.2) is 23.0 Å². The van der Waals surface area contributed by atoms with Crippen LogP contribution < -0.4 is 21.5 Å². The number of carbonyl (C=O) groups excluding carboxylic acids is 1. The Bertz CT molecular complexity index is 990. The fraction of sp³-hybridized carbons (Fsp3) is 0.450. The molecule has 1 saturated heterocycles. The smallest absolute Gasteiger partial charge is 0.268 e. The lowest BCUT2D eigenvalue weighted by atomic mass is 9.92. The van der Waals surface area contributed by atoms with Crippen molar-refractivity contribution in [2.45, 2.75) is 25.7 Å². The highest BCUT2D eigenvalue weighted by atomic mass is 16.1. The van der Waals surface area contributed by atoms with Gasteiger partial charge in [-0.15, -0.1) is 0 Å². The SMILES string of the molecule is N#Cc1c(N2CCC3(CC2)CC3)c2cc(C(=O)NCCN)ccc2[nH]c1=O. The summed E-state index contributed by atoms with van der Waals surface area (Å²) in [6, 6.07) is 7.23. The van der Waals surface area contributed by atoms with Crippen LogP contribution in [0.1, 0.15) is 41.6 Å². The molecule has 0 bridgehead atoms. The third-order valence-corrected chi connectivity index (χ3v) is 5.89. The molecule has 7 nitrogen and oxygen atoms in total. The van der Waals surface area contributed by atoms with Crippen LogP contribution in [0.25, 0.3) is 10.9 Å². The van der Waals surface area contributed by atoms with Crippen molar-refractivity contribution >= 4 is 22.5 Å². The Balaban J connectivity index is 1.79. The molecule has 2 fully saturated rings. The summed E-state index contributed by atoms with van der Waals surface area (Å²) in [6.07, 6.45) is 4.74. The van der Waals surface area contributed by atoms with E-state index in [1.165, 1.54) is 12.8 Å². The lowest BCUT2D eigenvalue weighted by molar-refractivity contribution is 0.0955. The van der Waals surface area contributed by atoms with E-state index in [9.17, 15) is 14.9 Å². The minimum atomic E-state index is -0.382. The second kappa shape index (κ2) is 6.71.